The average molecular weight is 337 g/mol. The minimum atomic E-state index is -0.0571. The molecule has 0 aliphatic heterocycles. The molecule has 0 saturated carbocycles. The van der Waals surface area contributed by atoms with Gasteiger partial charge >= 0.3 is 0 Å². The Morgan fingerprint density at radius 3 is 2.58 bits per heavy atom. The lowest BCUT2D eigenvalue weighted by Crippen LogP contribution is -2.05. The van der Waals surface area contributed by atoms with Crippen molar-refractivity contribution in [2.24, 2.45) is 0 Å². The maximum Gasteiger partial charge on any atom is 0.221 e. The number of carbonyl (C=O) groups is 1. The van der Waals surface area contributed by atoms with Crippen molar-refractivity contribution < 1.29 is 4.79 Å². The summed E-state index contributed by atoms with van der Waals surface area (Å²) in [7, 11) is 0. The summed E-state index contributed by atoms with van der Waals surface area (Å²) in [6.07, 6.45) is 3.86. The third-order valence-electron chi connectivity index (χ3n) is 3.54. The van der Waals surface area contributed by atoms with Crippen molar-refractivity contribution in [3.8, 4) is 0 Å². The standard InChI is InChI=1S/C19H19N3OS/c1-15(23)21-17-7-9-18(10-8-17)24-14-19-20-11-12-22(19)13-16-5-3-2-4-6-16/h2-12H,13-14H2,1H3,(H,21,23). The number of imidazole rings is 1. The molecule has 0 fully saturated rings. The number of aromatic nitrogens is 2. The van der Waals surface area contributed by atoms with Crippen LogP contribution in [0, 0.1) is 0 Å². The quantitative estimate of drug-likeness (QED) is 0.686. The minimum absolute atomic E-state index is 0.0571. The Bertz CT molecular complexity index is 797. The van der Waals surface area contributed by atoms with Crippen LogP contribution in [0.4, 0.5) is 5.69 Å². The van der Waals surface area contributed by atoms with Gasteiger partial charge in [-0.15, -0.1) is 11.8 Å². The smallest absolute Gasteiger partial charge is 0.221 e. The first-order valence-corrected chi connectivity index (χ1v) is 8.73. The lowest BCUT2D eigenvalue weighted by Gasteiger charge is -2.08. The van der Waals surface area contributed by atoms with Crippen LogP contribution in [0.3, 0.4) is 0 Å². The largest absolute Gasteiger partial charge is 0.330 e. The number of thioether (sulfide) groups is 1. The molecule has 5 heteroatoms. The third-order valence-corrected chi connectivity index (χ3v) is 4.55. The van der Waals surface area contributed by atoms with Gasteiger partial charge in [0.05, 0.1) is 5.75 Å². The second kappa shape index (κ2) is 7.84. The molecular weight excluding hydrogens is 318 g/mol. The fourth-order valence-corrected chi connectivity index (χ4v) is 3.25. The Morgan fingerprint density at radius 2 is 1.88 bits per heavy atom. The van der Waals surface area contributed by atoms with E-state index < -0.39 is 0 Å². The van der Waals surface area contributed by atoms with Crippen molar-refractivity contribution in [3.63, 3.8) is 0 Å². The van der Waals surface area contributed by atoms with Gasteiger partial charge in [0.25, 0.3) is 0 Å². The third kappa shape index (κ3) is 4.49. The van der Waals surface area contributed by atoms with Gasteiger partial charge in [0.1, 0.15) is 5.82 Å². The first kappa shape index (κ1) is 16.3. The first-order valence-electron chi connectivity index (χ1n) is 7.75. The number of carbonyl (C=O) groups excluding carboxylic acids is 1. The van der Waals surface area contributed by atoms with E-state index in [0.29, 0.717) is 0 Å². The van der Waals surface area contributed by atoms with Crippen LogP contribution in [0.25, 0.3) is 0 Å². The van der Waals surface area contributed by atoms with Crippen LogP contribution in [-0.2, 0) is 17.1 Å². The zero-order valence-corrected chi connectivity index (χ0v) is 14.3. The molecule has 1 heterocycles. The molecule has 0 unspecified atom stereocenters. The van der Waals surface area contributed by atoms with Crippen molar-refractivity contribution in [1.29, 1.82) is 0 Å². The van der Waals surface area contributed by atoms with Crippen molar-refractivity contribution in [2.75, 3.05) is 5.32 Å². The number of nitrogens with zero attached hydrogens (tertiary/aromatic N) is 2. The van der Waals surface area contributed by atoms with E-state index in [-0.39, 0.29) is 5.91 Å². The molecule has 1 amide bonds. The predicted octanol–water partition coefficient (Wildman–Crippen LogP) is 4.18. The van der Waals surface area contributed by atoms with Gasteiger partial charge in [-0.3, -0.25) is 4.79 Å². The van der Waals surface area contributed by atoms with E-state index in [1.54, 1.807) is 11.8 Å². The molecule has 3 aromatic rings. The summed E-state index contributed by atoms with van der Waals surface area (Å²) < 4.78 is 2.17. The summed E-state index contributed by atoms with van der Waals surface area (Å²) in [5.41, 5.74) is 2.08. The van der Waals surface area contributed by atoms with E-state index in [0.717, 1.165) is 28.7 Å². The maximum atomic E-state index is 11.0. The summed E-state index contributed by atoms with van der Waals surface area (Å²) in [6.45, 7) is 2.34. The molecule has 0 spiro atoms. The Morgan fingerprint density at radius 1 is 1.12 bits per heavy atom. The molecule has 0 saturated heterocycles. The number of amides is 1. The van der Waals surface area contributed by atoms with E-state index in [9.17, 15) is 4.79 Å². The molecule has 0 bridgehead atoms. The summed E-state index contributed by atoms with van der Waals surface area (Å²) in [6, 6.07) is 18.2. The Balaban J connectivity index is 1.61. The summed E-state index contributed by atoms with van der Waals surface area (Å²) >= 11 is 1.73. The normalized spacial score (nSPS) is 10.5. The minimum Gasteiger partial charge on any atom is -0.330 e. The van der Waals surface area contributed by atoms with Crippen LogP contribution >= 0.6 is 11.8 Å². The molecule has 24 heavy (non-hydrogen) atoms. The second-order valence-electron chi connectivity index (χ2n) is 5.45. The fraction of sp³-hybridized carbons (Fsp3) is 0.158. The van der Waals surface area contributed by atoms with E-state index in [1.165, 1.54) is 12.5 Å². The van der Waals surface area contributed by atoms with Gasteiger partial charge in [-0.25, -0.2) is 4.98 Å². The molecule has 1 N–H and O–H groups in total. The van der Waals surface area contributed by atoms with Crippen molar-refractivity contribution in [1.82, 2.24) is 9.55 Å². The Hall–Kier alpha value is -2.53. The summed E-state index contributed by atoms with van der Waals surface area (Å²) in [4.78, 5) is 16.7. The van der Waals surface area contributed by atoms with Gasteiger partial charge in [0, 0.05) is 36.4 Å². The number of nitrogens with one attached hydrogen (secondary N) is 1. The Labute approximate surface area is 145 Å². The molecule has 2 aromatic carbocycles. The highest BCUT2D eigenvalue weighted by molar-refractivity contribution is 7.98. The van der Waals surface area contributed by atoms with Gasteiger partial charge in [-0.2, -0.15) is 0 Å². The van der Waals surface area contributed by atoms with E-state index in [1.807, 2.05) is 42.7 Å². The molecule has 0 aliphatic carbocycles. The van der Waals surface area contributed by atoms with Crippen LogP contribution in [0.5, 0.6) is 0 Å². The molecular formula is C19H19N3OS. The lowest BCUT2D eigenvalue weighted by molar-refractivity contribution is -0.114. The second-order valence-corrected chi connectivity index (χ2v) is 6.50. The van der Waals surface area contributed by atoms with Crippen molar-refractivity contribution in [2.45, 2.75) is 24.1 Å². The highest BCUT2D eigenvalue weighted by Crippen LogP contribution is 2.24. The fourth-order valence-electron chi connectivity index (χ4n) is 2.39. The molecule has 0 radical (unpaired) electrons. The number of rotatable bonds is 6. The van der Waals surface area contributed by atoms with Crippen molar-refractivity contribution in [3.05, 3.63) is 78.4 Å². The van der Waals surface area contributed by atoms with E-state index >= 15 is 0 Å². The molecule has 3 rings (SSSR count). The number of hydrogen-bond donors (Lipinski definition) is 1. The monoisotopic (exact) mass is 337 g/mol. The highest BCUT2D eigenvalue weighted by atomic mass is 32.2. The zero-order valence-electron chi connectivity index (χ0n) is 13.5. The van der Waals surface area contributed by atoms with Gasteiger partial charge in [-0.05, 0) is 29.8 Å². The first-order chi connectivity index (χ1) is 11.7. The number of hydrogen-bond acceptors (Lipinski definition) is 3. The highest BCUT2D eigenvalue weighted by Gasteiger charge is 2.05. The molecule has 1 aromatic heterocycles. The maximum absolute atomic E-state index is 11.0. The number of anilines is 1. The van der Waals surface area contributed by atoms with Crippen LogP contribution in [0.1, 0.15) is 18.3 Å². The SMILES string of the molecule is CC(=O)Nc1ccc(SCc2nccn2Cc2ccccc2)cc1. The van der Waals surface area contributed by atoms with Gasteiger partial charge < -0.3 is 9.88 Å². The van der Waals surface area contributed by atoms with Crippen molar-refractivity contribution >= 4 is 23.4 Å². The van der Waals surface area contributed by atoms with Gasteiger partial charge in [0.15, 0.2) is 0 Å². The molecule has 0 atom stereocenters. The predicted molar refractivity (Wildman–Crippen MR) is 98.1 cm³/mol. The summed E-state index contributed by atoms with van der Waals surface area (Å²) in [5, 5.41) is 2.77. The lowest BCUT2D eigenvalue weighted by atomic mass is 10.2. The van der Waals surface area contributed by atoms with Crippen LogP contribution in [0.2, 0.25) is 0 Å². The zero-order chi connectivity index (χ0) is 16.8. The van der Waals surface area contributed by atoms with Crippen LogP contribution in [0.15, 0.2) is 71.9 Å². The molecule has 4 nitrogen and oxygen atoms in total. The number of benzene rings is 2. The van der Waals surface area contributed by atoms with Crippen LogP contribution < -0.4 is 5.32 Å². The molecule has 0 aliphatic rings. The molecule has 122 valence electrons. The van der Waals surface area contributed by atoms with Gasteiger partial charge in [0.2, 0.25) is 5.91 Å². The average Bonchev–Trinajstić information content (AvgIpc) is 3.02. The van der Waals surface area contributed by atoms with E-state index in [2.05, 4.69) is 39.1 Å². The summed E-state index contributed by atoms with van der Waals surface area (Å²) in [5.74, 6) is 1.80. The topological polar surface area (TPSA) is 46.9 Å². The van der Waals surface area contributed by atoms with Gasteiger partial charge in [-0.1, -0.05) is 30.3 Å². The van der Waals surface area contributed by atoms with Crippen LogP contribution in [-0.4, -0.2) is 15.5 Å². The Kier molecular flexibility index (Phi) is 5.33. The van der Waals surface area contributed by atoms with E-state index in [4.69, 9.17) is 0 Å².